The lowest BCUT2D eigenvalue weighted by molar-refractivity contribution is -0.139. The number of carbonyl (C=O) groups excluding carboxylic acids is 2. The van der Waals surface area contributed by atoms with E-state index in [1.165, 1.54) is 11.8 Å². The number of rotatable bonds is 8. The lowest BCUT2D eigenvalue weighted by Crippen LogP contribution is -2.44. The normalized spacial score (nSPS) is 21.2. The highest BCUT2D eigenvalue weighted by Gasteiger charge is 2.52. The number of nitrogens with one attached hydrogen (secondary N) is 1. The van der Waals surface area contributed by atoms with E-state index in [1.807, 2.05) is 0 Å². The molecule has 0 bridgehead atoms. The Morgan fingerprint density at radius 1 is 1.41 bits per heavy atom. The molecule has 1 aromatic carbocycles. The van der Waals surface area contributed by atoms with Gasteiger partial charge in [0, 0.05) is 30.3 Å². The molecule has 0 aliphatic carbocycles. The van der Waals surface area contributed by atoms with E-state index < -0.39 is 29.4 Å². The number of aliphatic hydroxyl groups is 3. The molecule has 7 heteroatoms. The van der Waals surface area contributed by atoms with Crippen LogP contribution in [0.2, 0.25) is 0 Å². The number of amides is 2. The van der Waals surface area contributed by atoms with E-state index in [2.05, 4.69) is 11.9 Å². The third-order valence-corrected chi connectivity index (χ3v) is 4.61. The molecule has 0 unspecified atom stereocenters. The van der Waals surface area contributed by atoms with Crippen LogP contribution in [-0.2, 0) is 15.2 Å². The van der Waals surface area contributed by atoms with Gasteiger partial charge in [-0.05, 0) is 31.5 Å². The van der Waals surface area contributed by atoms with E-state index in [-0.39, 0.29) is 13.2 Å². The van der Waals surface area contributed by atoms with Crippen molar-refractivity contribution in [3.63, 3.8) is 0 Å². The predicted molar refractivity (Wildman–Crippen MR) is 103 cm³/mol. The van der Waals surface area contributed by atoms with Gasteiger partial charge < -0.3 is 25.5 Å². The average Bonchev–Trinajstić information content (AvgIpc) is 2.84. The minimum absolute atomic E-state index is 0.0235. The summed E-state index contributed by atoms with van der Waals surface area (Å²) in [6, 6.07) is 4.81. The highest BCUT2D eigenvalue weighted by molar-refractivity contribution is 6.08. The first-order valence-corrected chi connectivity index (χ1v) is 8.83. The number of carbonyl (C=O) groups is 2. The average molecular weight is 374 g/mol. The van der Waals surface area contributed by atoms with Gasteiger partial charge >= 0.3 is 0 Å². The maximum Gasteiger partial charge on any atom is 0.264 e. The maximum absolute atomic E-state index is 13.0. The Morgan fingerprint density at radius 2 is 2.11 bits per heavy atom. The highest BCUT2D eigenvalue weighted by Crippen LogP contribution is 2.46. The number of fused-ring (bicyclic) bond motifs is 1. The van der Waals surface area contributed by atoms with Crippen molar-refractivity contribution >= 4 is 23.2 Å². The van der Waals surface area contributed by atoms with E-state index in [1.54, 1.807) is 43.4 Å². The largest absolute Gasteiger partial charge is 0.396 e. The SMILES string of the molecule is C=CCN1C(=O)[C@@](O)([C@@H](C)/C=C/CCO)c2cc(NC(=O)[C@H](C)O)ccc21. The summed E-state index contributed by atoms with van der Waals surface area (Å²) in [6.07, 6.45) is 4.21. The minimum atomic E-state index is -1.81. The van der Waals surface area contributed by atoms with E-state index in [4.69, 9.17) is 5.11 Å². The molecule has 4 N–H and O–H groups in total. The van der Waals surface area contributed by atoms with E-state index in [0.29, 0.717) is 23.4 Å². The summed E-state index contributed by atoms with van der Waals surface area (Å²) in [4.78, 5) is 26.2. The zero-order valence-corrected chi connectivity index (χ0v) is 15.6. The van der Waals surface area contributed by atoms with Gasteiger partial charge in [0.2, 0.25) is 0 Å². The monoisotopic (exact) mass is 374 g/mol. The van der Waals surface area contributed by atoms with Gasteiger partial charge in [0.1, 0.15) is 6.10 Å². The number of anilines is 2. The topological polar surface area (TPSA) is 110 Å². The van der Waals surface area contributed by atoms with Crippen LogP contribution in [0.15, 0.2) is 43.0 Å². The lowest BCUT2D eigenvalue weighted by atomic mass is 9.82. The van der Waals surface area contributed by atoms with Gasteiger partial charge in [-0.25, -0.2) is 0 Å². The van der Waals surface area contributed by atoms with Crippen LogP contribution in [-0.4, -0.2) is 46.4 Å². The van der Waals surface area contributed by atoms with Crippen molar-refractivity contribution < 1.29 is 24.9 Å². The molecule has 1 aromatic rings. The van der Waals surface area contributed by atoms with Crippen LogP contribution >= 0.6 is 0 Å². The Labute approximate surface area is 158 Å². The van der Waals surface area contributed by atoms with Crippen molar-refractivity contribution in [1.29, 1.82) is 0 Å². The molecule has 2 amide bonds. The zero-order valence-electron chi connectivity index (χ0n) is 15.6. The predicted octanol–water partition coefficient (Wildman–Crippen LogP) is 1.30. The van der Waals surface area contributed by atoms with Crippen LogP contribution in [0.25, 0.3) is 0 Å². The number of hydrogen-bond donors (Lipinski definition) is 4. The van der Waals surface area contributed by atoms with Crippen molar-refractivity contribution in [3.8, 4) is 0 Å². The molecule has 1 aliphatic heterocycles. The van der Waals surface area contributed by atoms with Gasteiger partial charge in [-0.3, -0.25) is 9.59 Å². The first-order chi connectivity index (χ1) is 12.8. The van der Waals surface area contributed by atoms with Gasteiger partial charge in [-0.2, -0.15) is 0 Å². The number of benzene rings is 1. The lowest BCUT2D eigenvalue weighted by Gasteiger charge is -2.27. The fraction of sp³-hybridized carbons (Fsp3) is 0.400. The van der Waals surface area contributed by atoms with Crippen LogP contribution < -0.4 is 10.2 Å². The molecule has 1 aliphatic rings. The molecular weight excluding hydrogens is 348 g/mol. The molecular formula is C20H26N2O5. The third kappa shape index (κ3) is 3.95. The summed E-state index contributed by atoms with van der Waals surface area (Å²) in [5.41, 5.74) is -0.521. The van der Waals surface area contributed by atoms with E-state index >= 15 is 0 Å². The fourth-order valence-corrected chi connectivity index (χ4v) is 3.10. The second-order valence-corrected chi connectivity index (χ2v) is 6.60. The summed E-state index contributed by atoms with van der Waals surface area (Å²) < 4.78 is 0. The van der Waals surface area contributed by atoms with Crippen molar-refractivity contribution in [2.24, 2.45) is 5.92 Å². The smallest absolute Gasteiger partial charge is 0.264 e. The van der Waals surface area contributed by atoms with Crippen molar-refractivity contribution in [3.05, 3.63) is 48.6 Å². The molecule has 2 rings (SSSR count). The third-order valence-electron chi connectivity index (χ3n) is 4.61. The molecule has 7 nitrogen and oxygen atoms in total. The van der Waals surface area contributed by atoms with Crippen molar-refractivity contribution in [2.75, 3.05) is 23.4 Å². The Kier molecular flexibility index (Phi) is 6.54. The molecule has 1 heterocycles. The molecule has 0 saturated carbocycles. The number of hydrogen-bond acceptors (Lipinski definition) is 5. The maximum atomic E-state index is 13.0. The molecule has 0 spiro atoms. The Bertz CT molecular complexity index is 759. The Morgan fingerprint density at radius 3 is 2.70 bits per heavy atom. The van der Waals surface area contributed by atoms with E-state index in [9.17, 15) is 19.8 Å². The summed E-state index contributed by atoms with van der Waals surface area (Å²) in [5, 5.41) is 32.2. The van der Waals surface area contributed by atoms with Gasteiger partial charge in [0.05, 0.1) is 5.69 Å². The number of aliphatic hydroxyl groups excluding tert-OH is 2. The second kappa shape index (κ2) is 8.47. The Balaban J connectivity index is 2.49. The van der Waals surface area contributed by atoms with Crippen molar-refractivity contribution in [2.45, 2.75) is 32.0 Å². The first kappa shape index (κ1) is 20.8. The molecule has 0 aromatic heterocycles. The first-order valence-electron chi connectivity index (χ1n) is 8.83. The highest BCUT2D eigenvalue weighted by atomic mass is 16.3. The quantitative estimate of drug-likeness (QED) is 0.513. The van der Waals surface area contributed by atoms with Crippen LogP contribution in [0.3, 0.4) is 0 Å². The van der Waals surface area contributed by atoms with Gasteiger partial charge in [0.15, 0.2) is 5.60 Å². The summed E-state index contributed by atoms with van der Waals surface area (Å²) >= 11 is 0. The molecule has 27 heavy (non-hydrogen) atoms. The van der Waals surface area contributed by atoms with Gasteiger partial charge in [0.25, 0.3) is 11.8 Å². The molecule has 146 valence electrons. The van der Waals surface area contributed by atoms with Crippen LogP contribution in [0, 0.1) is 5.92 Å². The Hall–Kier alpha value is -2.48. The molecule has 0 radical (unpaired) electrons. The molecule has 3 atom stereocenters. The van der Waals surface area contributed by atoms with Gasteiger partial charge in [-0.1, -0.05) is 25.2 Å². The molecule has 0 fully saturated rings. The zero-order chi connectivity index (χ0) is 20.2. The fourth-order valence-electron chi connectivity index (χ4n) is 3.10. The summed E-state index contributed by atoms with van der Waals surface area (Å²) in [6.45, 7) is 6.94. The van der Waals surface area contributed by atoms with Crippen molar-refractivity contribution in [1.82, 2.24) is 0 Å². The van der Waals surface area contributed by atoms with Crippen LogP contribution in [0.1, 0.15) is 25.8 Å². The van der Waals surface area contributed by atoms with Crippen LogP contribution in [0.5, 0.6) is 0 Å². The minimum Gasteiger partial charge on any atom is -0.396 e. The summed E-state index contributed by atoms with van der Waals surface area (Å²) in [5.74, 6) is -1.62. The van der Waals surface area contributed by atoms with Gasteiger partial charge in [-0.15, -0.1) is 6.58 Å². The second-order valence-electron chi connectivity index (χ2n) is 6.60. The summed E-state index contributed by atoms with van der Waals surface area (Å²) in [7, 11) is 0. The standard InChI is InChI=1S/C20H26N2O5/c1-4-10-22-17-9-8-15(21-18(25)14(3)24)12-16(17)20(27,19(22)26)13(2)7-5-6-11-23/h4-5,7-9,12-14,23-24,27H,1,6,10-11H2,2-3H3,(H,21,25)/b7-5+/t13-,14-,20+/m0/s1. The van der Waals surface area contributed by atoms with Crippen LogP contribution in [0.4, 0.5) is 11.4 Å². The molecule has 0 saturated heterocycles. The van der Waals surface area contributed by atoms with E-state index in [0.717, 1.165) is 0 Å². The number of nitrogens with zero attached hydrogens (tertiary/aromatic N) is 1.